The molecule has 0 spiro atoms. The average molecular weight is 479 g/mol. The van der Waals surface area contributed by atoms with Crippen LogP contribution in [0.3, 0.4) is 0 Å². The van der Waals surface area contributed by atoms with Crippen molar-refractivity contribution in [2.45, 2.75) is 26.5 Å². The number of pyridine rings is 1. The van der Waals surface area contributed by atoms with E-state index in [0.717, 1.165) is 0 Å². The van der Waals surface area contributed by atoms with Crippen LogP contribution in [0, 0.1) is 0 Å². The van der Waals surface area contributed by atoms with E-state index in [1.807, 2.05) is 13.8 Å². The molecule has 0 saturated carbocycles. The van der Waals surface area contributed by atoms with E-state index in [9.17, 15) is 9.90 Å². The number of aromatic nitrogens is 4. The van der Waals surface area contributed by atoms with Gasteiger partial charge in [-0.25, -0.2) is 9.78 Å². The smallest absolute Gasteiger partial charge is 0.338 e. The first-order valence-corrected chi connectivity index (χ1v) is 10.9. The highest BCUT2D eigenvalue weighted by Crippen LogP contribution is 2.42. The van der Waals surface area contributed by atoms with Crippen LogP contribution in [-0.4, -0.2) is 58.3 Å². The van der Waals surface area contributed by atoms with Crippen molar-refractivity contribution in [3.05, 3.63) is 54.2 Å². The van der Waals surface area contributed by atoms with E-state index < -0.39 is 5.97 Å². The maximum Gasteiger partial charge on any atom is 0.338 e. The Labute approximate surface area is 202 Å². The fraction of sp³-hybridized carbons (Fsp3) is 0.280. The van der Waals surface area contributed by atoms with Crippen LogP contribution in [0.5, 0.6) is 23.0 Å². The summed E-state index contributed by atoms with van der Waals surface area (Å²) in [7, 11) is 4.62. The fourth-order valence-electron chi connectivity index (χ4n) is 3.94. The summed E-state index contributed by atoms with van der Waals surface area (Å²) >= 11 is 0. The molecule has 0 amide bonds. The van der Waals surface area contributed by atoms with Crippen LogP contribution in [0.1, 0.15) is 29.9 Å². The highest BCUT2D eigenvalue weighted by Gasteiger charge is 2.25. The molecular formula is C25H26N4O6. The van der Waals surface area contributed by atoms with Crippen molar-refractivity contribution in [1.29, 1.82) is 0 Å². The van der Waals surface area contributed by atoms with Gasteiger partial charge in [-0.3, -0.25) is 0 Å². The lowest BCUT2D eigenvalue weighted by Crippen LogP contribution is -2.12. The summed E-state index contributed by atoms with van der Waals surface area (Å²) in [4.78, 5) is 17.4. The van der Waals surface area contributed by atoms with Crippen molar-refractivity contribution in [3.63, 3.8) is 0 Å². The highest BCUT2D eigenvalue weighted by atomic mass is 16.5. The summed E-state index contributed by atoms with van der Waals surface area (Å²) in [5.41, 5.74) is 2.05. The number of benzene rings is 2. The van der Waals surface area contributed by atoms with Gasteiger partial charge in [0.25, 0.3) is 0 Å². The lowest BCUT2D eigenvalue weighted by molar-refractivity contribution is 0.0696. The summed E-state index contributed by atoms with van der Waals surface area (Å²) in [6.45, 7) is 3.98. The lowest BCUT2D eigenvalue weighted by Gasteiger charge is -2.19. The van der Waals surface area contributed by atoms with Crippen molar-refractivity contribution >= 4 is 16.9 Å². The molecule has 4 rings (SSSR count). The summed E-state index contributed by atoms with van der Waals surface area (Å²) in [6, 6.07) is 8.80. The molecule has 2 aromatic carbocycles. The Balaban J connectivity index is 2.08. The van der Waals surface area contributed by atoms with E-state index >= 15 is 0 Å². The van der Waals surface area contributed by atoms with Crippen LogP contribution in [0.15, 0.2) is 43.0 Å². The highest BCUT2D eigenvalue weighted by molar-refractivity contribution is 6.08. The van der Waals surface area contributed by atoms with Crippen LogP contribution >= 0.6 is 0 Å². The molecule has 4 aromatic rings. The number of carbonyl (C=O) groups is 1. The number of hydrogen-bond donors (Lipinski definition) is 1. The largest absolute Gasteiger partial charge is 0.493 e. The molecule has 0 aliphatic carbocycles. The number of nitrogens with zero attached hydrogens (tertiary/aromatic N) is 4. The molecule has 0 aliphatic heterocycles. The second kappa shape index (κ2) is 9.88. The summed E-state index contributed by atoms with van der Waals surface area (Å²) in [5.74, 6) is 0.867. The zero-order valence-electron chi connectivity index (χ0n) is 20.1. The lowest BCUT2D eigenvalue weighted by atomic mass is 9.93. The monoisotopic (exact) mass is 478 g/mol. The Morgan fingerprint density at radius 3 is 2.20 bits per heavy atom. The Morgan fingerprint density at radius 2 is 1.60 bits per heavy atom. The van der Waals surface area contributed by atoms with Crippen molar-refractivity contribution in [2.24, 2.45) is 0 Å². The number of ether oxygens (including phenoxy) is 4. The van der Waals surface area contributed by atoms with Crippen LogP contribution in [0.4, 0.5) is 0 Å². The minimum absolute atomic E-state index is 0.0547. The van der Waals surface area contributed by atoms with Gasteiger partial charge >= 0.3 is 5.97 Å². The molecule has 2 heterocycles. The topological polar surface area (TPSA) is 118 Å². The molecule has 0 fully saturated rings. The first-order valence-electron chi connectivity index (χ1n) is 10.9. The number of rotatable bonds is 9. The summed E-state index contributed by atoms with van der Waals surface area (Å²) in [6.07, 6.45) is 2.91. The van der Waals surface area contributed by atoms with Crippen molar-refractivity contribution < 1.29 is 28.8 Å². The first kappa shape index (κ1) is 23.8. The molecule has 0 saturated heterocycles. The third-order valence-electron chi connectivity index (χ3n) is 5.39. The second-order valence-electron chi connectivity index (χ2n) is 8.00. The average Bonchev–Trinajstić information content (AvgIpc) is 3.34. The Kier molecular flexibility index (Phi) is 6.72. The summed E-state index contributed by atoms with van der Waals surface area (Å²) < 4.78 is 24.0. The zero-order chi connectivity index (χ0) is 25.1. The minimum Gasteiger partial charge on any atom is -0.493 e. The van der Waals surface area contributed by atoms with E-state index in [2.05, 4.69) is 10.2 Å². The fourth-order valence-corrected chi connectivity index (χ4v) is 3.94. The SMILES string of the molecule is COc1cc2nc(Cn3cnnc3)c(C(=O)O)c(-c3ccc(OC)c(OC(C)C)c3)c2cc1OC. The van der Waals surface area contributed by atoms with E-state index in [4.69, 9.17) is 23.9 Å². The molecule has 0 bridgehead atoms. The standard InChI is InChI=1S/C25H26N4O6/c1-14(2)35-22-8-15(6-7-19(22)32-3)23-16-9-20(33-4)21(34-5)10-17(16)28-18(24(23)25(30)31)11-29-12-26-27-13-29/h6-10,12-14H,11H2,1-5H3,(H,30,31). The van der Waals surface area contributed by atoms with Crippen molar-refractivity contribution in [3.8, 4) is 34.1 Å². The Bertz CT molecular complexity index is 1370. The van der Waals surface area contributed by atoms with E-state index in [0.29, 0.717) is 50.7 Å². The van der Waals surface area contributed by atoms with Gasteiger partial charge in [-0.05, 0) is 37.6 Å². The van der Waals surface area contributed by atoms with Gasteiger partial charge in [-0.15, -0.1) is 10.2 Å². The predicted octanol–water partition coefficient (Wildman–Crippen LogP) is 4.05. The molecule has 0 radical (unpaired) electrons. The van der Waals surface area contributed by atoms with E-state index in [1.165, 1.54) is 26.9 Å². The first-order chi connectivity index (χ1) is 16.9. The Morgan fingerprint density at radius 1 is 0.943 bits per heavy atom. The van der Waals surface area contributed by atoms with Crippen LogP contribution in [0.2, 0.25) is 0 Å². The van der Waals surface area contributed by atoms with Gasteiger partial charge in [0.05, 0.1) is 50.8 Å². The molecule has 35 heavy (non-hydrogen) atoms. The molecule has 10 nitrogen and oxygen atoms in total. The van der Waals surface area contributed by atoms with Gasteiger partial charge in [-0.2, -0.15) is 0 Å². The number of aromatic carboxylic acids is 1. The van der Waals surface area contributed by atoms with Gasteiger partial charge in [0.15, 0.2) is 23.0 Å². The van der Waals surface area contributed by atoms with Crippen LogP contribution in [-0.2, 0) is 6.54 Å². The van der Waals surface area contributed by atoms with Gasteiger partial charge < -0.3 is 28.6 Å². The van der Waals surface area contributed by atoms with Crippen molar-refractivity contribution in [2.75, 3.05) is 21.3 Å². The minimum atomic E-state index is -1.12. The van der Waals surface area contributed by atoms with Gasteiger partial charge in [0.2, 0.25) is 0 Å². The molecule has 10 heteroatoms. The molecule has 0 atom stereocenters. The number of hydrogen-bond acceptors (Lipinski definition) is 8. The molecule has 1 N–H and O–H groups in total. The number of carboxylic acid groups (broad SMARTS) is 1. The quantitative estimate of drug-likeness (QED) is 0.380. The van der Waals surface area contributed by atoms with Gasteiger partial charge in [0.1, 0.15) is 12.7 Å². The van der Waals surface area contributed by atoms with E-state index in [1.54, 1.807) is 42.0 Å². The molecule has 182 valence electrons. The predicted molar refractivity (Wildman–Crippen MR) is 129 cm³/mol. The molecular weight excluding hydrogens is 452 g/mol. The molecule has 0 aliphatic rings. The maximum atomic E-state index is 12.7. The normalized spacial score (nSPS) is 11.0. The maximum absolute atomic E-state index is 12.7. The third kappa shape index (κ3) is 4.68. The molecule has 0 unspecified atom stereocenters. The zero-order valence-corrected chi connectivity index (χ0v) is 20.1. The number of carboxylic acids is 1. The van der Waals surface area contributed by atoms with Crippen molar-refractivity contribution in [1.82, 2.24) is 19.7 Å². The molecule has 2 aromatic heterocycles. The van der Waals surface area contributed by atoms with Gasteiger partial charge in [0, 0.05) is 17.0 Å². The third-order valence-corrected chi connectivity index (χ3v) is 5.39. The Hall–Kier alpha value is -4.34. The number of methoxy groups -OCH3 is 3. The van der Waals surface area contributed by atoms with Gasteiger partial charge in [-0.1, -0.05) is 6.07 Å². The van der Waals surface area contributed by atoms with Crippen LogP contribution in [0.25, 0.3) is 22.0 Å². The second-order valence-corrected chi connectivity index (χ2v) is 8.00. The van der Waals surface area contributed by atoms with E-state index in [-0.39, 0.29) is 18.2 Å². The number of fused-ring (bicyclic) bond motifs is 1. The van der Waals surface area contributed by atoms with Crippen LogP contribution < -0.4 is 18.9 Å². The summed E-state index contributed by atoms with van der Waals surface area (Å²) in [5, 5.41) is 18.6.